The van der Waals surface area contributed by atoms with Gasteiger partial charge in [-0.15, -0.1) is 0 Å². The molecule has 3 heterocycles. The number of amides is 2. The number of nitrogens with one attached hydrogen (secondary N) is 2. The number of fused-ring (bicyclic) bond motifs is 1. The number of hydrogen-bond acceptors (Lipinski definition) is 4. The van der Waals surface area contributed by atoms with Crippen LogP contribution in [-0.2, 0) is 21.1 Å². The van der Waals surface area contributed by atoms with Crippen molar-refractivity contribution in [3.63, 3.8) is 0 Å². The van der Waals surface area contributed by atoms with Crippen molar-refractivity contribution in [2.75, 3.05) is 38.5 Å². The molecule has 28 heavy (non-hydrogen) atoms. The van der Waals surface area contributed by atoms with E-state index in [2.05, 4.69) is 25.4 Å². The summed E-state index contributed by atoms with van der Waals surface area (Å²) in [5.74, 6) is 1.21. The third-order valence-corrected chi connectivity index (χ3v) is 6.43. The van der Waals surface area contributed by atoms with Crippen LogP contribution >= 0.6 is 11.8 Å². The smallest absolute Gasteiger partial charge is 0.315 e. The lowest BCUT2D eigenvalue weighted by Crippen LogP contribution is -3.12. The number of likely N-dealkylation sites (N-methyl/N-ethyl adjacent to an activating group) is 1. The van der Waals surface area contributed by atoms with E-state index in [-0.39, 0.29) is 0 Å². The van der Waals surface area contributed by atoms with Gasteiger partial charge in [0.25, 0.3) is 0 Å². The van der Waals surface area contributed by atoms with Crippen LogP contribution in [0.15, 0.2) is 18.2 Å². The van der Waals surface area contributed by atoms with Gasteiger partial charge in [-0.1, -0.05) is 17.7 Å². The Morgan fingerprint density at radius 3 is 2.64 bits per heavy atom. The van der Waals surface area contributed by atoms with Gasteiger partial charge in [-0.2, -0.15) is 16.9 Å². The second kappa shape index (κ2) is 7.60. The molecule has 0 spiro atoms. The third kappa shape index (κ3) is 3.54. The molecule has 0 bridgehead atoms. The topological polar surface area (TPSA) is 71.7 Å². The normalized spacial score (nSPS) is 16.9. The molecule has 2 aliphatic heterocycles. The molecule has 148 valence electrons. The molecule has 7 nitrogen and oxygen atoms in total. The highest BCUT2D eigenvalue weighted by atomic mass is 32.2. The maximum Gasteiger partial charge on any atom is 0.315 e. The first-order chi connectivity index (χ1) is 13.4. The van der Waals surface area contributed by atoms with Gasteiger partial charge in [-0.05, 0) is 25.5 Å². The van der Waals surface area contributed by atoms with E-state index in [0.717, 1.165) is 47.1 Å². The second-order valence-electron chi connectivity index (χ2n) is 7.67. The predicted octanol–water partition coefficient (Wildman–Crippen LogP) is 0.531. The molecule has 0 unspecified atom stereocenters. The maximum absolute atomic E-state index is 12.8. The van der Waals surface area contributed by atoms with Crippen LogP contribution in [0.5, 0.6) is 0 Å². The van der Waals surface area contributed by atoms with Crippen molar-refractivity contribution in [3.05, 3.63) is 40.6 Å². The zero-order chi connectivity index (χ0) is 19.8. The lowest BCUT2D eigenvalue weighted by atomic mass is 10.1. The van der Waals surface area contributed by atoms with Gasteiger partial charge in [0.15, 0.2) is 0 Å². The first-order valence-electron chi connectivity index (χ1n) is 9.61. The number of nitrogens with zero attached hydrogens (tertiary/aromatic N) is 3. The summed E-state index contributed by atoms with van der Waals surface area (Å²) in [5, 5.41) is 7.63. The van der Waals surface area contributed by atoms with Crippen LogP contribution in [0, 0.1) is 13.8 Å². The number of aromatic nitrogens is 2. The van der Waals surface area contributed by atoms with E-state index in [4.69, 9.17) is 5.10 Å². The van der Waals surface area contributed by atoms with Gasteiger partial charge in [0, 0.05) is 17.1 Å². The Balaban J connectivity index is 1.62. The number of benzene rings is 1. The number of carbonyl (C=O) groups is 2. The fourth-order valence-corrected chi connectivity index (χ4v) is 4.79. The number of anilines is 1. The molecule has 0 saturated carbocycles. The predicted molar refractivity (Wildman–Crippen MR) is 110 cm³/mol. The van der Waals surface area contributed by atoms with Crippen LogP contribution in [0.3, 0.4) is 0 Å². The summed E-state index contributed by atoms with van der Waals surface area (Å²) in [7, 11) is 2.10. The first-order valence-corrected chi connectivity index (χ1v) is 10.8. The molecule has 4 rings (SSSR count). The Morgan fingerprint density at radius 2 is 1.93 bits per heavy atom. The summed E-state index contributed by atoms with van der Waals surface area (Å²) in [4.78, 5) is 28.4. The van der Waals surface area contributed by atoms with Gasteiger partial charge in [0.05, 0.1) is 44.6 Å². The second-order valence-corrected chi connectivity index (χ2v) is 8.66. The first kappa shape index (κ1) is 19.0. The molecule has 0 radical (unpaired) electrons. The fraction of sp³-hybridized carbons (Fsp3) is 0.450. The number of aryl methyl sites for hydroxylation is 2. The van der Waals surface area contributed by atoms with Crippen LogP contribution in [0.4, 0.5) is 5.82 Å². The Hall–Kier alpha value is -2.32. The van der Waals surface area contributed by atoms with Crippen molar-refractivity contribution >= 4 is 29.4 Å². The van der Waals surface area contributed by atoms with Crippen molar-refractivity contribution in [2.45, 2.75) is 25.4 Å². The van der Waals surface area contributed by atoms with Crippen molar-refractivity contribution in [3.8, 4) is 5.69 Å². The van der Waals surface area contributed by atoms with E-state index in [1.54, 1.807) is 21.3 Å². The maximum atomic E-state index is 12.8. The highest BCUT2D eigenvalue weighted by Gasteiger charge is 2.30. The summed E-state index contributed by atoms with van der Waals surface area (Å²) < 4.78 is 1.79. The van der Waals surface area contributed by atoms with Gasteiger partial charge in [-0.3, -0.25) is 9.59 Å². The van der Waals surface area contributed by atoms with E-state index in [1.807, 2.05) is 19.1 Å². The van der Waals surface area contributed by atoms with Crippen molar-refractivity contribution in [1.29, 1.82) is 0 Å². The van der Waals surface area contributed by atoms with E-state index in [1.165, 1.54) is 10.5 Å². The van der Waals surface area contributed by atoms with E-state index >= 15 is 0 Å². The molecule has 2 amide bonds. The molecule has 0 atom stereocenters. The van der Waals surface area contributed by atoms with Gasteiger partial charge in [0.2, 0.25) is 0 Å². The van der Waals surface area contributed by atoms with Crippen LogP contribution in [0.1, 0.15) is 22.4 Å². The minimum atomic E-state index is -0.579. The number of hydrogen-bond donors (Lipinski definition) is 2. The molecule has 1 saturated heterocycles. The van der Waals surface area contributed by atoms with Gasteiger partial charge in [-0.25, -0.2) is 4.68 Å². The number of rotatable bonds is 2. The monoisotopic (exact) mass is 400 g/mol. The zero-order valence-corrected chi connectivity index (χ0v) is 17.4. The molecule has 1 fully saturated rings. The zero-order valence-electron chi connectivity index (χ0n) is 16.5. The lowest BCUT2D eigenvalue weighted by Gasteiger charge is -2.29. The molecule has 8 heteroatoms. The minimum absolute atomic E-state index is 0.458. The van der Waals surface area contributed by atoms with Crippen LogP contribution in [0.25, 0.3) is 5.69 Å². The molecular formula is C20H26N5O2S+. The van der Waals surface area contributed by atoms with Crippen molar-refractivity contribution < 1.29 is 14.5 Å². The van der Waals surface area contributed by atoms with Crippen LogP contribution in [0.2, 0.25) is 0 Å². The van der Waals surface area contributed by atoms with Gasteiger partial charge < -0.3 is 15.1 Å². The summed E-state index contributed by atoms with van der Waals surface area (Å²) in [6, 6.07) is 6.15. The quantitative estimate of drug-likeness (QED) is 0.722. The van der Waals surface area contributed by atoms with Crippen LogP contribution in [-0.4, -0.2) is 59.7 Å². The number of quaternary nitrogens is 1. The lowest BCUT2D eigenvalue weighted by molar-refractivity contribution is -0.883. The molecule has 2 N–H and O–H groups in total. The molecule has 1 aromatic carbocycles. The highest BCUT2D eigenvalue weighted by molar-refractivity contribution is 7.98. The highest BCUT2D eigenvalue weighted by Crippen LogP contribution is 2.36. The largest absolute Gasteiger partial charge is 0.334 e. The van der Waals surface area contributed by atoms with Gasteiger partial charge in [0.1, 0.15) is 5.82 Å². The van der Waals surface area contributed by atoms with E-state index in [0.29, 0.717) is 18.9 Å². The molecular weight excluding hydrogens is 374 g/mol. The Kier molecular flexibility index (Phi) is 5.16. The van der Waals surface area contributed by atoms with Crippen molar-refractivity contribution in [2.24, 2.45) is 0 Å². The molecule has 2 aliphatic rings. The van der Waals surface area contributed by atoms with Crippen LogP contribution < -0.4 is 10.2 Å². The molecule has 1 aromatic heterocycles. The summed E-state index contributed by atoms with van der Waals surface area (Å²) in [5.41, 5.74) is 5.19. The standard InChI is InChI=1S/C20H25N5O2S/c1-13-4-5-17(14(2)10-13)25-18(15-11-28-12-16(15)22-25)21-19(26)20(27)24-8-6-23(3)7-9-24/h4-5,10H,6-9,11-12H2,1-3H3,(H,21,26)/p+1. The Labute approximate surface area is 169 Å². The number of carbonyl (C=O) groups excluding carboxylic acids is 2. The molecule has 0 aliphatic carbocycles. The Bertz CT molecular complexity index is 931. The number of thioether (sulfide) groups is 1. The summed E-state index contributed by atoms with van der Waals surface area (Å²) in [6.07, 6.45) is 0. The van der Waals surface area contributed by atoms with Crippen molar-refractivity contribution in [1.82, 2.24) is 14.7 Å². The summed E-state index contributed by atoms with van der Waals surface area (Å²) >= 11 is 1.77. The summed E-state index contributed by atoms with van der Waals surface area (Å²) in [6.45, 7) is 7.05. The third-order valence-electron chi connectivity index (χ3n) is 5.46. The van der Waals surface area contributed by atoms with E-state index < -0.39 is 11.8 Å². The fourth-order valence-electron chi connectivity index (χ4n) is 3.75. The average molecular weight is 401 g/mol. The molecule has 2 aromatic rings. The minimum Gasteiger partial charge on any atom is -0.334 e. The SMILES string of the molecule is Cc1ccc(-n2nc3c(c2NC(=O)C(=O)N2CC[NH+](C)CC2)CSC3)c(C)c1. The Morgan fingerprint density at radius 1 is 1.18 bits per heavy atom. The van der Waals surface area contributed by atoms with Gasteiger partial charge >= 0.3 is 11.8 Å². The van der Waals surface area contributed by atoms with E-state index in [9.17, 15) is 9.59 Å². The average Bonchev–Trinajstić information content (AvgIpc) is 3.24. The number of piperazine rings is 1.